The van der Waals surface area contributed by atoms with Gasteiger partial charge in [0.15, 0.2) is 0 Å². The summed E-state index contributed by atoms with van der Waals surface area (Å²) in [4.78, 5) is 12.0. The molecule has 0 aromatic heterocycles. The van der Waals surface area contributed by atoms with Crippen LogP contribution in [-0.2, 0) is 23.7 Å². The first kappa shape index (κ1) is 19.1. The minimum Gasteiger partial charge on any atom is -0.466 e. The van der Waals surface area contributed by atoms with Gasteiger partial charge >= 0.3 is 5.97 Å². The van der Waals surface area contributed by atoms with Crippen molar-refractivity contribution >= 4 is 5.97 Å². The summed E-state index contributed by atoms with van der Waals surface area (Å²) in [5.74, 6) is 0.922. The van der Waals surface area contributed by atoms with Crippen molar-refractivity contribution in [1.29, 1.82) is 0 Å². The summed E-state index contributed by atoms with van der Waals surface area (Å²) in [6.07, 6.45) is 4.86. The maximum atomic E-state index is 12.0. The molecule has 1 spiro atoms. The predicted molar refractivity (Wildman–Crippen MR) is 94.3 cm³/mol. The predicted octanol–water partition coefficient (Wildman–Crippen LogP) is 3.34. The molecular formula is C20H34O5. The SMILES string of the molecule is CCOC(=O)CC1CC[C@]2(CO2)[C@@H]([C@@]2(C)O[C@@H]2CCC(C)C)[C@@H]1OC. The Morgan fingerprint density at radius 1 is 1.36 bits per heavy atom. The average Bonchev–Trinajstić information content (AvgIpc) is 3.45. The highest BCUT2D eigenvalue weighted by molar-refractivity contribution is 5.69. The van der Waals surface area contributed by atoms with Crippen molar-refractivity contribution in [3.8, 4) is 0 Å². The third kappa shape index (κ3) is 3.74. The van der Waals surface area contributed by atoms with Crippen LogP contribution in [-0.4, -0.2) is 49.7 Å². The molecule has 1 saturated carbocycles. The highest BCUT2D eigenvalue weighted by atomic mass is 16.6. The average molecular weight is 354 g/mol. The summed E-state index contributed by atoms with van der Waals surface area (Å²) in [6.45, 7) is 9.78. The lowest BCUT2D eigenvalue weighted by Gasteiger charge is -2.43. The van der Waals surface area contributed by atoms with E-state index >= 15 is 0 Å². The van der Waals surface area contributed by atoms with Crippen LogP contribution in [0.15, 0.2) is 0 Å². The van der Waals surface area contributed by atoms with Gasteiger partial charge in [0.25, 0.3) is 0 Å². The fraction of sp³-hybridized carbons (Fsp3) is 0.950. The van der Waals surface area contributed by atoms with Crippen molar-refractivity contribution in [2.45, 2.75) is 83.2 Å². The first-order chi connectivity index (χ1) is 11.9. The molecule has 0 N–H and O–H groups in total. The molecule has 25 heavy (non-hydrogen) atoms. The smallest absolute Gasteiger partial charge is 0.306 e. The van der Waals surface area contributed by atoms with Crippen LogP contribution in [0.5, 0.6) is 0 Å². The fourth-order valence-corrected chi connectivity index (χ4v) is 4.94. The molecule has 5 nitrogen and oxygen atoms in total. The van der Waals surface area contributed by atoms with Crippen LogP contribution >= 0.6 is 0 Å². The summed E-state index contributed by atoms with van der Waals surface area (Å²) in [6, 6.07) is 0. The summed E-state index contributed by atoms with van der Waals surface area (Å²) in [5.41, 5.74) is -0.299. The number of carbonyl (C=O) groups excluding carboxylic acids is 1. The van der Waals surface area contributed by atoms with E-state index in [1.807, 2.05) is 6.92 Å². The van der Waals surface area contributed by atoms with E-state index in [1.54, 1.807) is 7.11 Å². The maximum absolute atomic E-state index is 12.0. The Hall–Kier alpha value is -0.650. The number of hydrogen-bond donors (Lipinski definition) is 0. The molecule has 2 aliphatic heterocycles. The van der Waals surface area contributed by atoms with Gasteiger partial charge in [0.05, 0.1) is 37.4 Å². The number of esters is 1. The molecule has 1 aliphatic carbocycles. The van der Waals surface area contributed by atoms with Gasteiger partial charge in [0, 0.05) is 13.0 Å². The van der Waals surface area contributed by atoms with Crippen LogP contribution in [0.1, 0.15) is 59.8 Å². The van der Waals surface area contributed by atoms with E-state index in [4.69, 9.17) is 18.9 Å². The van der Waals surface area contributed by atoms with E-state index in [0.29, 0.717) is 18.9 Å². The second kappa shape index (κ2) is 7.16. The van der Waals surface area contributed by atoms with Crippen molar-refractivity contribution in [3.05, 3.63) is 0 Å². The number of epoxide rings is 2. The Morgan fingerprint density at radius 3 is 2.64 bits per heavy atom. The fourth-order valence-electron chi connectivity index (χ4n) is 4.94. The molecule has 3 fully saturated rings. The number of ether oxygens (including phenoxy) is 4. The monoisotopic (exact) mass is 354 g/mol. The molecule has 2 saturated heterocycles. The molecule has 0 bridgehead atoms. The van der Waals surface area contributed by atoms with Crippen molar-refractivity contribution in [2.75, 3.05) is 20.3 Å². The lowest BCUT2D eigenvalue weighted by molar-refractivity contribution is -0.149. The molecule has 6 atom stereocenters. The van der Waals surface area contributed by atoms with Gasteiger partial charge < -0.3 is 18.9 Å². The second-order valence-corrected chi connectivity index (χ2v) is 8.60. The highest BCUT2D eigenvalue weighted by Crippen LogP contribution is 2.60. The van der Waals surface area contributed by atoms with Gasteiger partial charge in [-0.25, -0.2) is 0 Å². The van der Waals surface area contributed by atoms with Gasteiger partial charge in [-0.05, 0) is 51.4 Å². The van der Waals surface area contributed by atoms with Gasteiger partial charge in [-0.1, -0.05) is 13.8 Å². The zero-order valence-corrected chi connectivity index (χ0v) is 16.4. The second-order valence-electron chi connectivity index (χ2n) is 8.60. The Morgan fingerprint density at radius 2 is 2.08 bits per heavy atom. The number of methoxy groups -OCH3 is 1. The van der Waals surface area contributed by atoms with Gasteiger partial charge in [-0.15, -0.1) is 0 Å². The molecule has 1 unspecified atom stereocenters. The van der Waals surface area contributed by atoms with Crippen molar-refractivity contribution in [2.24, 2.45) is 17.8 Å². The van der Waals surface area contributed by atoms with Crippen LogP contribution in [0.2, 0.25) is 0 Å². The van der Waals surface area contributed by atoms with Gasteiger partial charge in [0.1, 0.15) is 5.60 Å². The molecule has 0 aromatic rings. The third-order valence-corrected chi connectivity index (χ3v) is 6.42. The van der Waals surface area contributed by atoms with E-state index < -0.39 is 0 Å². The Kier molecular flexibility index (Phi) is 5.48. The molecule has 3 rings (SSSR count). The minimum absolute atomic E-state index is 0.0188. The zero-order chi connectivity index (χ0) is 18.2. The highest BCUT2D eigenvalue weighted by Gasteiger charge is 2.71. The van der Waals surface area contributed by atoms with Gasteiger partial charge in [-0.3, -0.25) is 4.79 Å². The van der Waals surface area contributed by atoms with E-state index in [9.17, 15) is 4.79 Å². The van der Waals surface area contributed by atoms with Crippen LogP contribution < -0.4 is 0 Å². The van der Waals surface area contributed by atoms with E-state index in [1.165, 1.54) is 6.42 Å². The Labute approximate surface area is 151 Å². The van der Waals surface area contributed by atoms with Crippen molar-refractivity contribution < 1.29 is 23.7 Å². The quantitative estimate of drug-likeness (QED) is 0.494. The lowest BCUT2D eigenvalue weighted by atomic mass is 9.64. The first-order valence-corrected chi connectivity index (χ1v) is 9.86. The molecule has 0 aromatic carbocycles. The largest absolute Gasteiger partial charge is 0.466 e. The molecule has 0 radical (unpaired) electrons. The lowest BCUT2D eigenvalue weighted by Crippen LogP contribution is -2.53. The molecule has 3 aliphatic rings. The van der Waals surface area contributed by atoms with E-state index in [-0.39, 0.29) is 41.2 Å². The standard InChI is InChI=1S/C20H34O5/c1-6-23-16(21)11-14-9-10-20(12-24-20)18(17(14)22-5)19(4)15(25-19)8-7-13(2)3/h13-15,17-18H,6-12H2,1-5H3/t14?,15-,17-,18-,19+,20+/m1/s1. The number of hydrogen-bond acceptors (Lipinski definition) is 5. The van der Waals surface area contributed by atoms with Crippen LogP contribution in [0, 0.1) is 17.8 Å². The van der Waals surface area contributed by atoms with Crippen molar-refractivity contribution in [1.82, 2.24) is 0 Å². The molecule has 144 valence electrons. The topological polar surface area (TPSA) is 60.6 Å². The van der Waals surface area contributed by atoms with Crippen LogP contribution in [0.25, 0.3) is 0 Å². The third-order valence-electron chi connectivity index (χ3n) is 6.42. The Balaban J connectivity index is 1.72. The maximum Gasteiger partial charge on any atom is 0.306 e. The molecule has 0 amide bonds. The number of rotatable bonds is 8. The van der Waals surface area contributed by atoms with E-state index in [0.717, 1.165) is 25.9 Å². The molecule has 2 heterocycles. The summed E-state index contributed by atoms with van der Waals surface area (Å²) >= 11 is 0. The van der Waals surface area contributed by atoms with Gasteiger partial charge in [-0.2, -0.15) is 0 Å². The molecular weight excluding hydrogens is 320 g/mol. The van der Waals surface area contributed by atoms with Gasteiger partial charge in [0.2, 0.25) is 0 Å². The Bertz CT molecular complexity index is 486. The van der Waals surface area contributed by atoms with E-state index in [2.05, 4.69) is 20.8 Å². The molecule has 5 heteroatoms. The van der Waals surface area contributed by atoms with Crippen LogP contribution in [0.4, 0.5) is 0 Å². The zero-order valence-electron chi connectivity index (χ0n) is 16.4. The van der Waals surface area contributed by atoms with Crippen molar-refractivity contribution in [3.63, 3.8) is 0 Å². The normalized spacial score (nSPS) is 42.6. The summed E-state index contributed by atoms with van der Waals surface area (Å²) < 4.78 is 23.3. The summed E-state index contributed by atoms with van der Waals surface area (Å²) in [7, 11) is 1.76. The van der Waals surface area contributed by atoms with Crippen LogP contribution in [0.3, 0.4) is 0 Å². The summed E-state index contributed by atoms with van der Waals surface area (Å²) in [5, 5.41) is 0. The first-order valence-electron chi connectivity index (χ1n) is 9.86. The number of carbonyl (C=O) groups is 1. The minimum atomic E-state index is -0.195.